The summed E-state index contributed by atoms with van der Waals surface area (Å²) >= 11 is 0. The molecule has 0 saturated heterocycles. The number of carbonyl (C=O) groups excluding carboxylic acids is 1. The summed E-state index contributed by atoms with van der Waals surface area (Å²) in [6, 6.07) is 5.74. The molecule has 0 fully saturated rings. The zero-order chi connectivity index (χ0) is 12.3. The summed E-state index contributed by atoms with van der Waals surface area (Å²) in [5.74, 6) is 0.234. The van der Waals surface area contributed by atoms with Gasteiger partial charge in [0.05, 0.1) is 19.0 Å². The van der Waals surface area contributed by atoms with Crippen LogP contribution in [-0.4, -0.2) is 23.3 Å². The number of hydrogen-bond donors (Lipinski definition) is 2. The lowest BCUT2D eigenvalue weighted by Gasteiger charge is -1.95. The number of esters is 1. The first-order chi connectivity index (χ1) is 8.20. The van der Waals surface area contributed by atoms with Crippen molar-refractivity contribution in [3.63, 3.8) is 0 Å². The molecule has 0 atom stereocenters. The number of anilines is 1. The van der Waals surface area contributed by atoms with Crippen molar-refractivity contribution in [1.29, 1.82) is 0 Å². The molecule has 5 heteroatoms. The number of hydrogen-bond acceptors (Lipinski definition) is 4. The number of nitrogen functional groups attached to an aromatic ring is 1. The van der Waals surface area contributed by atoms with Gasteiger partial charge in [0.2, 0.25) is 0 Å². The molecule has 0 bridgehead atoms. The van der Waals surface area contributed by atoms with Crippen molar-refractivity contribution in [3.05, 3.63) is 29.8 Å². The summed E-state index contributed by atoms with van der Waals surface area (Å²) in [5, 5.41) is 7.65. The third-order valence-corrected chi connectivity index (χ3v) is 2.44. The van der Waals surface area contributed by atoms with Gasteiger partial charge in [-0.25, -0.2) is 0 Å². The van der Waals surface area contributed by atoms with Crippen molar-refractivity contribution in [1.82, 2.24) is 10.2 Å². The monoisotopic (exact) mass is 231 g/mol. The Morgan fingerprint density at radius 1 is 1.59 bits per heavy atom. The second kappa shape index (κ2) is 4.69. The van der Waals surface area contributed by atoms with Crippen LogP contribution in [0.1, 0.15) is 12.0 Å². The van der Waals surface area contributed by atoms with Crippen molar-refractivity contribution >= 4 is 28.8 Å². The highest BCUT2D eigenvalue weighted by atomic mass is 16.5. The lowest BCUT2D eigenvalue weighted by Crippen LogP contribution is -1.96. The number of methoxy groups -OCH3 is 1. The fourth-order valence-electron chi connectivity index (χ4n) is 1.54. The van der Waals surface area contributed by atoms with Gasteiger partial charge in [-0.1, -0.05) is 18.2 Å². The van der Waals surface area contributed by atoms with Crippen LogP contribution in [0.25, 0.3) is 17.0 Å². The number of ether oxygens (including phenoxy) is 1. The predicted molar refractivity (Wildman–Crippen MR) is 66.2 cm³/mol. The number of rotatable bonds is 3. The molecule has 17 heavy (non-hydrogen) atoms. The van der Waals surface area contributed by atoms with Gasteiger partial charge in [-0.2, -0.15) is 5.10 Å². The van der Waals surface area contributed by atoms with Crippen LogP contribution in [0.4, 0.5) is 5.82 Å². The molecule has 0 aliphatic carbocycles. The molecule has 3 N–H and O–H groups in total. The number of nitrogens with one attached hydrogen (secondary N) is 1. The molecule has 2 aromatic rings. The Morgan fingerprint density at radius 2 is 2.41 bits per heavy atom. The molecule has 0 saturated carbocycles. The van der Waals surface area contributed by atoms with E-state index in [1.54, 1.807) is 6.08 Å². The van der Waals surface area contributed by atoms with Crippen molar-refractivity contribution in [2.24, 2.45) is 0 Å². The van der Waals surface area contributed by atoms with Gasteiger partial charge in [0, 0.05) is 5.39 Å². The normalized spacial score (nSPS) is 11.1. The number of nitrogens with zero attached hydrogens (tertiary/aromatic N) is 1. The van der Waals surface area contributed by atoms with E-state index in [-0.39, 0.29) is 12.4 Å². The Bertz CT molecular complexity index is 572. The minimum atomic E-state index is -0.256. The van der Waals surface area contributed by atoms with Crippen LogP contribution in [-0.2, 0) is 9.53 Å². The fourth-order valence-corrected chi connectivity index (χ4v) is 1.54. The van der Waals surface area contributed by atoms with Crippen LogP contribution in [0.15, 0.2) is 24.3 Å². The summed E-state index contributed by atoms with van der Waals surface area (Å²) in [7, 11) is 1.37. The van der Waals surface area contributed by atoms with E-state index in [0.29, 0.717) is 5.82 Å². The van der Waals surface area contributed by atoms with Crippen LogP contribution < -0.4 is 5.73 Å². The first kappa shape index (κ1) is 11.2. The third kappa shape index (κ3) is 2.44. The molecule has 1 heterocycles. The molecule has 0 radical (unpaired) electrons. The number of aromatic amines is 1. The second-order valence-corrected chi connectivity index (χ2v) is 3.60. The minimum Gasteiger partial charge on any atom is -0.469 e. The van der Waals surface area contributed by atoms with Gasteiger partial charge in [-0.3, -0.25) is 9.89 Å². The number of H-pyrrole nitrogens is 1. The van der Waals surface area contributed by atoms with E-state index in [9.17, 15) is 4.79 Å². The molecular weight excluding hydrogens is 218 g/mol. The van der Waals surface area contributed by atoms with Crippen LogP contribution in [0.5, 0.6) is 0 Å². The van der Waals surface area contributed by atoms with E-state index in [4.69, 9.17) is 5.73 Å². The van der Waals surface area contributed by atoms with Gasteiger partial charge in [0.25, 0.3) is 0 Å². The van der Waals surface area contributed by atoms with Crippen molar-refractivity contribution in [2.45, 2.75) is 6.42 Å². The fraction of sp³-hybridized carbons (Fsp3) is 0.167. The Morgan fingerprint density at radius 3 is 3.18 bits per heavy atom. The third-order valence-electron chi connectivity index (χ3n) is 2.44. The van der Waals surface area contributed by atoms with Gasteiger partial charge in [0.15, 0.2) is 5.82 Å². The summed E-state index contributed by atoms with van der Waals surface area (Å²) in [4.78, 5) is 10.9. The molecule has 2 rings (SSSR count). The zero-order valence-corrected chi connectivity index (χ0v) is 9.43. The maximum atomic E-state index is 10.9. The lowest BCUT2D eigenvalue weighted by molar-refractivity contribution is -0.139. The van der Waals surface area contributed by atoms with Crippen molar-refractivity contribution < 1.29 is 9.53 Å². The highest BCUT2D eigenvalue weighted by Crippen LogP contribution is 2.19. The Labute approximate surface area is 98.3 Å². The molecule has 0 amide bonds. The first-order valence-electron chi connectivity index (χ1n) is 5.17. The molecular formula is C12H13N3O2. The Balaban J connectivity index is 2.17. The van der Waals surface area contributed by atoms with E-state index in [2.05, 4.69) is 14.9 Å². The largest absolute Gasteiger partial charge is 0.469 e. The molecule has 0 spiro atoms. The maximum Gasteiger partial charge on any atom is 0.309 e. The molecule has 0 aliphatic heterocycles. The standard InChI is InChI=1S/C12H13N3O2/c1-17-11(16)4-2-3-8-5-6-9-10(7-8)14-15-12(9)13/h2-3,5-7H,4H2,1H3,(H3,13,14,15). The van der Waals surface area contributed by atoms with E-state index in [1.165, 1.54) is 7.11 Å². The number of fused-ring (bicyclic) bond motifs is 1. The van der Waals surface area contributed by atoms with Crippen LogP contribution in [0, 0.1) is 0 Å². The van der Waals surface area contributed by atoms with Crippen molar-refractivity contribution in [3.8, 4) is 0 Å². The number of benzene rings is 1. The molecule has 1 aromatic heterocycles. The smallest absolute Gasteiger partial charge is 0.309 e. The maximum absolute atomic E-state index is 10.9. The summed E-state index contributed by atoms with van der Waals surface area (Å²) in [5.41, 5.74) is 7.52. The molecule has 5 nitrogen and oxygen atoms in total. The minimum absolute atomic E-state index is 0.256. The topological polar surface area (TPSA) is 81.0 Å². The van der Waals surface area contributed by atoms with Gasteiger partial charge in [-0.15, -0.1) is 0 Å². The average molecular weight is 231 g/mol. The van der Waals surface area contributed by atoms with Gasteiger partial charge in [0.1, 0.15) is 0 Å². The van der Waals surface area contributed by atoms with E-state index >= 15 is 0 Å². The van der Waals surface area contributed by atoms with Crippen LogP contribution in [0.2, 0.25) is 0 Å². The predicted octanol–water partition coefficient (Wildman–Crippen LogP) is 1.72. The summed E-state index contributed by atoms with van der Waals surface area (Å²) in [6.45, 7) is 0. The molecule has 0 aliphatic rings. The Kier molecular flexibility index (Phi) is 3.09. The lowest BCUT2D eigenvalue weighted by atomic mass is 10.1. The molecule has 88 valence electrons. The number of carbonyl (C=O) groups is 1. The Hall–Kier alpha value is -2.30. The van der Waals surface area contributed by atoms with Crippen LogP contribution in [0.3, 0.4) is 0 Å². The van der Waals surface area contributed by atoms with E-state index in [0.717, 1.165) is 16.5 Å². The van der Waals surface area contributed by atoms with Crippen molar-refractivity contribution in [2.75, 3.05) is 12.8 Å². The quantitative estimate of drug-likeness (QED) is 0.788. The van der Waals surface area contributed by atoms with Gasteiger partial charge >= 0.3 is 5.97 Å². The highest BCUT2D eigenvalue weighted by Gasteiger charge is 2.01. The summed E-state index contributed by atoms with van der Waals surface area (Å²) in [6.07, 6.45) is 3.87. The second-order valence-electron chi connectivity index (χ2n) is 3.60. The van der Waals surface area contributed by atoms with Gasteiger partial charge in [-0.05, 0) is 17.7 Å². The van der Waals surface area contributed by atoms with Crippen LogP contribution >= 0.6 is 0 Å². The number of aromatic nitrogens is 2. The average Bonchev–Trinajstić information content (AvgIpc) is 2.70. The summed E-state index contributed by atoms with van der Waals surface area (Å²) < 4.78 is 4.54. The number of nitrogens with two attached hydrogens (primary N) is 1. The molecule has 0 unspecified atom stereocenters. The SMILES string of the molecule is COC(=O)CC=Cc1ccc2c(N)n[nH]c2c1. The zero-order valence-electron chi connectivity index (χ0n) is 9.43. The van der Waals surface area contributed by atoms with E-state index < -0.39 is 0 Å². The first-order valence-corrected chi connectivity index (χ1v) is 5.17. The van der Waals surface area contributed by atoms with Gasteiger partial charge < -0.3 is 10.5 Å². The highest BCUT2D eigenvalue weighted by molar-refractivity contribution is 5.90. The van der Waals surface area contributed by atoms with E-state index in [1.807, 2.05) is 24.3 Å². The molecule has 1 aromatic carbocycles.